The van der Waals surface area contributed by atoms with Gasteiger partial charge in [-0.25, -0.2) is 9.69 Å². The van der Waals surface area contributed by atoms with E-state index in [1.54, 1.807) is 7.11 Å². The number of methoxy groups -OCH3 is 1. The fraction of sp³-hybridized carbons (Fsp3) is 0.417. The van der Waals surface area contributed by atoms with E-state index in [9.17, 15) is 9.59 Å². The molecule has 2 fully saturated rings. The van der Waals surface area contributed by atoms with Crippen molar-refractivity contribution in [3.63, 3.8) is 0 Å². The van der Waals surface area contributed by atoms with Crippen LogP contribution in [0, 0.1) is 0 Å². The highest BCUT2D eigenvalue weighted by Gasteiger charge is 2.38. The van der Waals surface area contributed by atoms with Gasteiger partial charge in [-0.1, -0.05) is 19.8 Å². The number of urea groups is 1. The molecule has 1 atom stereocenters. The van der Waals surface area contributed by atoms with Gasteiger partial charge in [0.2, 0.25) is 0 Å². The lowest BCUT2D eigenvalue weighted by atomic mass is 10.1. The Morgan fingerprint density at radius 3 is 1.90 bits per heavy atom. The molecule has 0 aliphatic carbocycles. The first-order valence-corrected chi connectivity index (χ1v) is 11.0. The van der Waals surface area contributed by atoms with E-state index in [0.717, 1.165) is 50.5 Å². The number of ether oxygens (including phenoxy) is 1. The fourth-order valence-electron chi connectivity index (χ4n) is 4.21. The molecule has 2 heterocycles. The van der Waals surface area contributed by atoms with Crippen LogP contribution in [0.15, 0.2) is 48.5 Å². The molecule has 0 saturated carbocycles. The average Bonchev–Trinajstić information content (AvgIpc) is 3.10. The molecular formula is C24H30N4O3. The van der Waals surface area contributed by atoms with Crippen LogP contribution in [0.25, 0.3) is 0 Å². The summed E-state index contributed by atoms with van der Waals surface area (Å²) in [6, 6.07) is 15.2. The van der Waals surface area contributed by atoms with Crippen LogP contribution in [0.5, 0.6) is 5.75 Å². The summed E-state index contributed by atoms with van der Waals surface area (Å²) in [5.41, 5.74) is 2.93. The molecular weight excluding hydrogens is 392 g/mol. The van der Waals surface area contributed by atoms with Gasteiger partial charge in [0.25, 0.3) is 5.91 Å². The van der Waals surface area contributed by atoms with Gasteiger partial charge in [-0.05, 0) is 55.0 Å². The van der Waals surface area contributed by atoms with Crippen molar-refractivity contribution in [2.24, 2.45) is 0 Å². The van der Waals surface area contributed by atoms with Crippen molar-refractivity contribution in [1.82, 2.24) is 5.32 Å². The summed E-state index contributed by atoms with van der Waals surface area (Å²) in [5.74, 6) is 0.712. The Kier molecular flexibility index (Phi) is 6.30. The summed E-state index contributed by atoms with van der Waals surface area (Å²) in [7, 11) is 1.68. The highest BCUT2D eigenvalue weighted by atomic mass is 16.5. The molecule has 7 nitrogen and oxygen atoms in total. The second kappa shape index (κ2) is 9.29. The summed E-state index contributed by atoms with van der Waals surface area (Å²) >= 11 is 0. The Morgan fingerprint density at radius 2 is 1.39 bits per heavy atom. The SMILES string of the molecule is CCCCC1NC(=O)N(c2ccc(N3CCN(c4ccc(OC)cc4)CC3)cc2)C1=O. The van der Waals surface area contributed by atoms with E-state index in [0.29, 0.717) is 12.1 Å². The molecule has 7 heteroatoms. The first-order valence-electron chi connectivity index (χ1n) is 11.0. The quantitative estimate of drug-likeness (QED) is 0.690. The van der Waals surface area contributed by atoms with Gasteiger partial charge in [-0.15, -0.1) is 0 Å². The highest BCUT2D eigenvalue weighted by Crippen LogP contribution is 2.27. The number of amides is 3. The molecule has 1 unspecified atom stereocenters. The van der Waals surface area contributed by atoms with E-state index in [2.05, 4.69) is 34.2 Å². The number of rotatable bonds is 7. The minimum Gasteiger partial charge on any atom is -0.497 e. The predicted molar refractivity (Wildman–Crippen MR) is 123 cm³/mol. The summed E-state index contributed by atoms with van der Waals surface area (Å²) in [4.78, 5) is 30.9. The van der Waals surface area contributed by atoms with Crippen molar-refractivity contribution >= 4 is 29.0 Å². The van der Waals surface area contributed by atoms with Crippen molar-refractivity contribution in [2.45, 2.75) is 32.2 Å². The van der Waals surface area contributed by atoms with E-state index in [-0.39, 0.29) is 11.9 Å². The third kappa shape index (κ3) is 4.45. The zero-order valence-corrected chi connectivity index (χ0v) is 18.2. The molecule has 1 N–H and O–H groups in total. The molecule has 0 aromatic heterocycles. The van der Waals surface area contributed by atoms with E-state index < -0.39 is 6.04 Å². The Bertz CT molecular complexity index is 905. The maximum atomic E-state index is 12.6. The first-order chi connectivity index (χ1) is 15.1. The molecule has 2 aliphatic rings. The minimum absolute atomic E-state index is 0.153. The number of piperazine rings is 1. The van der Waals surface area contributed by atoms with Crippen LogP contribution in [0.2, 0.25) is 0 Å². The summed E-state index contributed by atoms with van der Waals surface area (Å²) in [5, 5.41) is 2.81. The van der Waals surface area contributed by atoms with Crippen LogP contribution in [0.4, 0.5) is 21.9 Å². The van der Waals surface area contributed by atoms with Gasteiger partial charge in [0, 0.05) is 37.6 Å². The number of nitrogens with one attached hydrogen (secondary N) is 1. The smallest absolute Gasteiger partial charge is 0.329 e. The van der Waals surface area contributed by atoms with Crippen LogP contribution < -0.4 is 24.8 Å². The second-order valence-electron chi connectivity index (χ2n) is 8.01. The Balaban J connectivity index is 1.36. The lowest BCUT2D eigenvalue weighted by Crippen LogP contribution is -2.46. The van der Waals surface area contributed by atoms with Crippen molar-refractivity contribution in [3.05, 3.63) is 48.5 Å². The number of carbonyl (C=O) groups excluding carboxylic acids is 2. The summed E-state index contributed by atoms with van der Waals surface area (Å²) < 4.78 is 5.24. The van der Waals surface area contributed by atoms with Crippen LogP contribution in [0.3, 0.4) is 0 Å². The molecule has 4 rings (SSSR count). The van der Waals surface area contributed by atoms with Crippen LogP contribution in [-0.4, -0.2) is 51.3 Å². The number of hydrogen-bond donors (Lipinski definition) is 1. The van der Waals surface area contributed by atoms with Crippen LogP contribution in [0.1, 0.15) is 26.2 Å². The lowest BCUT2D eigenvalue weighted by Gasteiger charge is -2.37. The molecule has 2 saturated heterocycles. The monoisotopic (exact) mass is 422 g/mol. The fourth-order valence-corrected chi connectivity index (χ4v) is 4.21. The van der Waals surface area contributed by atoms with E-state index in [4.69, 9.17) is 4.74 Å². The summed E-state index contributed by atoms with van der Waals surface area (Å²) in [6.07, 6.45) is 2.61. The molecule has 31 heavy (non-hydrogen) atoms. The maximum absolute atomic E-state index is 12.6. The average molecular weight is 423 g/mol. The van der Waals surface area contributed by atoms with Gasteiger partial charge in [0.05, 0.1) is 12.8 Å². The summed E-state index contributed by atoms with van der Waals surface area (Å²) in [6.45, 7) is 5.76. The molecule has 164 valence electrons. The number of unbranched alkanes of at least 4 members (excludes halogenated alkanes) is 1. The normalized spacial score (nSPS) is 19.0. The third-order valence-corrected chi connectivity index (χ3v) is 6.06. The van der Waals surface area contributed by atoms with Gasteiger partial charge >= 0.3 is 6.03 Å². The van der Waals surface area contributed by atoms with Gasteiger partial charge in [-0.3, -0.25) is 4.79 Å². The standard InChI is InChI=1S/C24H30N4O3/c1-3-4-5-22-23(29)28(24(30)25-22)20-8-6-18(7-9-20)26-14-16-27(17-15-26)19-10-12-21(31-2)13-11-19/h6-13,22H,3-5,14-17H2,1-2H3,(H,25,30). The van der Waals surface area contributed by atoms with Gasteiger partial charge in [0.15, 0.2) is 0 Å². The molecule has 0 spiro atoms. The van der Waals surface area contributed by atoms with Gasteiger partial charge < -0.3 is 19.9 Å². The topological polar surface area (TPSA) is 65.1 Å². The molecule has 0 bridgehead atoms. The number of anilines is 3. The van der Waals surface area contributed by atoms with Crippen LogP contribution in [-0.2, 0) is 4.79 Å². The first kappa shape index (κ1) is 21.0. The van der Waals surface area contributed by atoms with E-state index in [1.807, 2.05) is 36.4 Å². The van der Waals surface area contributed by atoms with Crippen LogP contribution >= 0.6 is 0 Å². The van der Waals surface area contributed by atoms with E-state index in [1.165, 1.54) is 10.6 Å². The number of hydrogen-bond acceptors (Lipinski definition) is 5. The molecule has 2 aliphatic heterocycles. The minimum atomic E-state index is -0.404. The van der Waals surface area contributed by atoms with Crippen molar-refractivity contribution in [1.29, 1.82) is 0 Å². The Morgan fingerprint density at radius 1 is 0.871 bits per heavy atom. The van der Waals surface area contributed by atoms with Crippen molar-refractivity contribution < 1.29 is 14.3 Å². The molecule has 3 amide bonds. The molecule has 2 aromatic carbocycles. The number of benzene rings is 2. The number of imide groups is 1. The Labute approximate surface area is 183 Å². The highest BCUT2D eigenvalue weighted by molar-refractivity contribution is 6.21. The second-order valence-corrected chi connectivity index (χ2v) is 8.01. The van der Waals surface area contributed by atoms with Crippen molar-refractivity contribution in [2.75, 3.05) is 48.0 Å². The van der Waals surface area contributed by atoms with Gasteiger partial charge in [0.1, 0.15) is 11.8 Å². The largest absolute Gasteiger partial charge is 0.497 e. The predicted octanol–water partition coefficient (Wildman–Crippen LogP) is 3.64. The van der Waals surface area contributed by atoms with Crippen molar-refractivity contribution in [3.8, 4) is 5.75 Å². The number of nitrogens with zero attached hydrogens (tertiary/aromatic N) is 3. The number of carbonyl (C=O) groups is 2. The Hall–Kier alpha value is -3.22. The molecule has 0 radical (unpaired) electrons. The van der Waals surface area contributed by atoms with Gasteiger partial charge in [-0.2, -0.15) is 0 Å². The van der Waals surface area contributed by atoms with E-state index >= 15 is 0 Å². The maximum Gasteiger partial charge on any atom is 0.329 e. The zero-order chi connectivity index (χ0) is 21.8. The third-order valence-electron chi connectivity index (χ3n) is 6.06. The zero-order valence-electron chi connectivity index (χ0n) is 18.2. The molecule has 2 aromatic rings. The lowest BCUT2D eigenvalue weighted by molar-refractivity contribution is -0.118.